The van der Waals surface area contributed by atoms with Gasteiger partial charge in [-0.2, -0.15) is 0 Å². The molecule has 1 saturated carbocycles. The van der Waals surface area contributed by atoms with Crippen LogP contribution in [0.3, 0.4) is 0 Å². The topological polar surface area (TPSA) is 36.5 Å². The number of likely N-dealkylation sites (tertiary alicyclic amines) is 1. The highest BCUT2D eigenvalue weighted by molar-refractivity contribution is 5.85. The molecule has 3 fully saturated rings. The lowest BCUT2D eigenvalue weighted by molar-refractivity contribution is 0.0519. The van der Waals surface area contributed by atoms with Crippen LogP contribution in [0, 0.1) is 11.8 Å². The lowest BCUT2D eigenvalue weighted by Crippen LogP contribution is -2.51. The summed E-state index contributed by atoms with van der Waals surface area (Å²) in [5.74, 6) is 1.60. The van der Waals surface area contributed by atoms with Crippen molar-refractivity contribution in [3.05, 3.63) is 35.9 Å². The molecule has 2 aliphatic heterocycles. The first-order chi connectivity index (χ1) is 12.9. The van der Waals surface area contributed by atoms with E-state index in [-0.39, 0.29) is 12.4 Å². The largest absolute Gasteiger partial charge is 0.379 e. The van der Waals surface area contributed by atoms with Crippen molar-refractivity contribution in [3.63, 3.8) is 0 Å². The Kier molecular flexibility index (Phi) is 8.41. The highest BCUT2D eigenvalue weighted by Crippen LogP contribution is 2.30. The summed E-state index contributed by atoms with van der Waals surface area (Å²) in [7, 11) is 0. The molecule has 0 aromatic heterocycles. The summed E-state index contributed by atoms with van der Waals surface area (Å²) in [6, 6.07) is 12.2. The number of benzene rings is 1. The third-order valence-electron chi connectivity index (χ3n) is 6.66. The quantitative estimate of drug-likeness (QED) is 0.778. The number of hydrogen-bond acceptors (Lipinski definition) is 4. The van der Waals surface area contributed by atoms with E-state index in [1.54, 1.807) is 0 Å². The van der Waals surface area contributed by atoms with Crippen molar-refractivity contribution in [1.29, 1.82) is 0 Å². The summed E-state index contributed by atoms with van der Waals surface area (Å²) in [4.78, 5) is 2.62. The lowest BCUT2D eigenvalue weighted by Gasteiger charge is -2.35. The number of nitrogens with one attached hydrogen (secondary N) is 2. The zero-order valence-corrected chi connectivity index (χ0v) is 17.3. The van der Waals surface area contributed by atoms with E-state index in [0.29, 0.717) is 12.1 Å². The molecule has 5 heteroatoms. The van der Waals surface area contributed by atoms with E-state index in [2.05, 4.69) is 45.9 Å². The molecule has 4 nitrogen and oxygen atoms in total. The Bertz CT molecular complexity index is 530. The average Bonchev–Trinajstić information content (AvgIpc) is 3.18. The molecule has 27 heavy (non-hydrogen) atoms. The van der Waals surface area contributed by atoms with E-state index < -0.39 is 0 Å². The molecular weight excluding hydrogens is 358 g/mol. The molecule has 2 N–H and O–H groups in total. The molecule has 2 heterocycles. The maximum Gasteiger partial charge on any atom is 0.0623 e. The summed E-state index contributed by atoms with van der Waals surface area (Å²) < 4.78 is 5.70. The molecule has 3 unspecified atom stereocenters. The molecule has 152 valence electrons. The Morgan fingerprint density at radius 1 is 1.07 bits per heavy atom. The van der Waals surface area contributed by atoms with Crippen molar-refractivity contribution in [2.24, 2.45) is 11.8 Å². The van der Waals surface area contributed by atoms with Gasteiger partial charge in [0.1, 0.15) is 0 Å². The van der Waals surface area contributed by atoms with Crippen molar-refractivity contribution in [3.8, 4) is 0 Å². The summed E-state index contributed by atoms with van der Waals surface area (Å²) in [6.45, 7) is 7.60. The van der Waals surface area contributed by atoms with Crippen LogP contribution in [0.25, 0.3) is 0 Å². The van der Waals surface area contributed by atoms with E-state index in [1.807, 2.05) is 0 Å². The first kappa shape index (κ1) is 21.1. The number of hydrogen-bond donors (Lipinski definition) is 2. The molecule has 3 aliphatic rings. The Morgan fingerprint density at radius 3 is 2.63 bits per heavy atom. The first-order valence-corrected chi connectivity index (χ1v) is 10.7. The molecule has 0 bridgehead atoms. The summed E-state index contributed by atoms with van der Waals surface area (Å²) in [5.41, 5.74) is 1.44. The van der Waals surface area contributed by atoms with E-state index in [9.17, 15) is 0 Å². The van der Waals surface area contributed by atoms with Gasteiger partial charge in [0.2, 0.25) is 0 Å². The number of nitrogens with zero attached hydrogens (tertiary/aromatic N) is 1. The minimum absolute atomic E-state index is 0. The third-order valence-corrected chi connectivity index (χ3v) is 6.66. The maximum absolute atomic E-state index is 5.70. The van der Waals surface area contributed by atoms with E-state index in [4.69, 9.17) is 4.74 Å². The van der Waals surface area contributed by atoms with Gasteiger partial charge in [0.15, 0.2) is 0 Å². The van der Waals surface area contributed by atoms with Crippen LogP contribution in [0.15, 0.2) is 30.3 Å². The van der Waals surface area contributed by atoms with E-state index >= 15 is 0 Å². The summed E-state index contributed by atoms with van der Waals surface area (Å²) >= 11 is 0. The number of morpholine rings is 1. The van der Waals surface area contributed by atoms with Gasteiger partial charge in [-0.05, 0) is 62.7 Å². The van der Waals surface area contributed by atoms with Crippen LogP contribution in [-0.4, -0.2) is 56.4 Å². The van der Waals surface area contributed by atoms with Gasteiger partial charge in [0.05, 0.1) is 13.2 Å². The Morgan fingerprint density at radius 2 is 1.89 bits per heavy atom. The molecule has 1 aromatic rings. The van der Waals surface area contributed by atoms with Crippen LogP contribution < -0.4 is 10.6 Å². The lowest BCUT2D eigenvalue weighted by atomic mass is 9.92. The van der Waals surface area contributed by atoms with Gasteiger partial charge in [-0.15, -0.1) is 12.4 Å². The second kappa shape index (κ2) is 10.8. The average molecular weight is 394 g/mol. The molecule has 3 atom stereocenters. The Hall–Kier alpha value is -0.650. The van der Waals surface area contributed by atoms with Gasteiger partial charge in [0, 0.05) is 25.2 Å². The number of halogens is 1. The maximum atomic E-state index is 5.70. The predicted octanol–water partition coefficient (Wildman–Crippen LogP) is 3.07. The van der Waals surface area contributed by atoms with Gasteiger partial charge in [-0.25, -0.2) is 0 Å². The van der Waals surface area contributed by atoms with Gasteiger partial charge in [0.25, 0.3) is 0 Å². The minimum atomic E-state index is 0. The molecule has 1 aromatic carbocycles. The number of ether oxygens (including phenoxy) is 1. The van der Waals surface area contributed by atoms with Crippen molar-refractivity contribution in [2.75, 3.05) is 39.4 Å². The van der Waals surface area contributed by atoms with Crippen molar-refractivity contribution in [1.82, 2.24) is 15.5 Å². The first-order valence-electron chi connectivity index (χ1n) is 10.7. The molecule has 1 aliphatic carbocycles. The van der Waals surface area contributed by atoms with Gasteiger partial charge >= 0.3 is 0 Å². The highest BCUT2D eigenvalue weighted by Gasteiger charge is 2.34. The van der Waals surface area contributed by atoms with Crippen molar-refractivity contribution in [2.45, 2.75) is 50.7 Å². The number of rotatable bonds is 6. The fraction of sp³-hybridized carbons (Fsp3) is 0.727. The smallest absolute Gasteiger partial charge is 0.0623 e. The van der Waals surface area contributed by atoms with Crippen LogP contribution >= 0.6 is 12.4 Å². The predicted molar refractivity (Wildman–Crippen MR) is 113 cm³/mol. The van der Waals surface area contributed by atoms with E-state index in [1.165, 1.54) is 57.3 Å². The molecule has 0 amide bonds. The van der Waals surface area contributed by atoms with Gasteiger partial charge in [-0.1, -0.05) is 36.8 Å². The van der Waals surface area contributed by atoms with Crippen LogP contribution in [0.2, 0.25) is 0 Å². The molecule has 4 rings (SSSR count). The second-order valence-electron chi connectivity index (χ2n) is 8.45. The van der Waals surface area contributed by atoms with Crippen LogP contribution in [0.1, 0.15) is 37.7 Å². The zero-order valence-electron chi connectivity index (χ0n) is 16.4. The summed E-state index contributed by atoms with van der Waals surface area (Å²) in [6.07, 6.45) is 6.74. The van der Waals surface area contributed by atoms with Gasteiger partial charge in [-0.3, -0.25) is 4.90 Å². The molecular formula is C22H36ClN3O. The third kappa shape index (κ3) is 5.91. The van der Waals surface area contributed by atoms with Crippen LogP contribution in [-0.2, 0) is 11.3 Å². The highest BCUT2D eigenvalue weighted by atomic mass is 35.5. The van der Waals surface area contributed by atoms with Crippen LogP contribution in [0.5, 0.6) is 0 Å². The SMILES string of the molecule is Cl.c1ccc(CN2CCC(CNC3CCCC3C3COCCN3)CC2)cc1. The Labute approximate surface area is 170 Å². The minimum Gasteiger partial charge on any atom is -0.379 e. The summed E-state index contributed by atoms with van der Waals surface area (Å²) in [5, 5.41) is 7.64. The normalized spacial score (nSPS) is 30.1. The van der Waals surface area contributed by atoms with Gasteiger partial charge < -0.3 is 15.4 Å². The number of piperidine rings is 1. The molecule has 2 saturated heterocycles. The fourth-order valence-corrected chi connectivity index (χ4v) is 5.09. The monoisotopic (exact) mass is 393 g/mol. The van der Waals surface area contributed by atoms with Crippen LogP contribution in [0.4, 0.5) is 0 Å². The van der Waals surface area contributed by atoms with Crippen molar-refractivity contribution >= 4 is 12.4 Å². The Balaban J connectivity index is 0.00000210. The second-order valence-corrected chi connectivity index (χ2v) is 8.45. The molecule has 0 radical (unpaired) electrons. The van der Waals surface area contributed by atoms with Crippen molar-refractivity contribution < 1.29 is 4.74 Å². The zero-order chi connectivity index (χ0) is 17.6. The standard InChI is InChI=1S/C22H35N3O.ClH/c1-2-5-19(6-3-1)16-25-12-9-18(10-13-25)15-24-21-8-4-7-20(21)22-17-26-14-11-23-22;/h1-3,5-6,18,20-24H,4,7-17H2;1H. The molecule has 0 spiro atoms. The van der Waals surface area contributed by atoms with E-state index in [0.717, 1.165) is 38.1 Å². The fourth-order valence-electron chi connectivity index (χ4n) is 5.09.